The summed E-state index contributed by atoms with van der Waals surface area (Å²) in [4.78, 5) is 22.4. The van der Waals surface area contributed by atoms with Crippen LogP contribution in [-0.4, -0.2) is 42.0 Å². The summed E-state index contributed by atoms with van der Waals surface area (Å²) >= 11 is 0. The third-order valence-corrected chi connectivity index (χ3v) is 2.44. The lowest BCUT2D eigenvalue weighted by molar-refractivity contribution is -0.139. The zero-order chi connectivity index (χ0) is 15.1. The fourth-order valence-electron chi connectivity index (χ4n) is 1.43. The van der Waals surface area contributed by atoms with E-state index < -0.39 is 30.5 Å². The van der Waals surface area contributed by atoms with E-state index in [1.54, 1.807) is 0 Å². The van der Waals surface area contributed by atoms with Crippen molar-refractivity contribution in [2.45, 2.75) is 12.5 Å². The lowest BCUT2D eigenvalue weighted by Gasteiger charge is -2.14. The third-order valence-electron chi connectivity index (χ3n) is 2.44. The lowest BCUT2D eigenvalue weighted by atomic mass is 10.2. The summed E-state index contributed by atoms with van der Waals surface area (Å²) < 4.78 is 18.3. The van der Waals surface area contributed by atoms with Gasteiger partial charge in [0.15, 0.2) is 0 Å². The minimum absolute atomic E-state index is 0.144. The highest BCUT2D eigenvalue weighted by atomic mass is 19.1. The number of carboxylic acid groups (broad SMARTS) is 1. The quantitative estimate of drug-likeness (QED) is 0.618. The van der Waals surface area contributed by atoms with Crippen molar-refractivity contribution in [3.05, 3.63) is 24.0 Å². The number of carboxylic acids is 1. The van der Waals surface area contributed by atoms with Gasteiger partial charge in [0.25, 0.3) is 0 Å². The fourth-order valence-corrected chi connectivity index (χ4v) is 1.43. The van der Waals surface area contributed by atoms with Gasteiger partial charge < -0.3 is 25.6 Å². The number of anilines is 1. The molecule has 1 aromatic carbocycles. The number of benzene rings is 1. The second-order valence-corrected chi connectivity index (χ2v) is 3.85. The van der Waals surface area contributed by atoms with Gasteiger partial charge in [-0.3, -0.25) is 0 Å². The summed E-state index contributed by atoms with van der Waals surface area (Å²) in [6.45, 7) is -0.398. The molecule has 0 saturated heterocycles. The average molecular weight is 286 g/mol. The second kappa shape index (κ2) is 7.29. The van der Waals surface area contributed by atoms with E-state index in [0.717, 1.165) is 6.07 Å². The molecule has 0 aliphatic carbocycles. The maximum absolute atomic E-state index is 13.5. The topological polar surface area (TPSA) is 108 Å². The number of methoxy groups -OCH3 is 1. The van der Waals surface area contributed by atoms with Crippen molar-refractivity contribution >= 4 is 17.7 Å². The van der Waals surface area contributed by atoms with Crippen LogP contribution in [0, 0.1) is 5.82 Å². The third kappa shape index (κ3) is 4.39. The Balaban J connectivity index is 2.72. The van der Waals surface area contributed by atoms with Crippen LogP contribution in [0.4, 0.5) is 14.9 Å². The Labute approximate surface area is 114 Å². The number of urea groups is 1. The van der Waals surface area contributed by atoms with Crippen LogP contribution >= 0.6 is 0 Å². The molecule has 1 rings (SSSR count). The van der Waals surface area contributed by atoms with Gasteiger partial charge in [0.05, 0.1) is 12.8 Å². The molecule has 0 saturated carbocycles. The summed E-state index contributed by atoms with van der Waals surface area (Å²) in [5.41, 5.74) is -0.144. The van der Waals surface area contributed by atoms with Gasteiger partial charge in [-0.05, 0) is 12.1 Å². The number of carbonyl (C=O) groups is 2. The van der Waals surface area contributed by atoms with Crippen LogP contribution in [-0.2, 0) is 4.79 Å². The maximum Gasteiger partial charge on any atom is 0.326 e. The molecule has 7 nitrogen and oxygen atoms in total. The first-order valence-corrected chi connectivity index (χ1v) is 5.72. The Bertz CT molecular complexity index is 495. The van der Waals surface area contributed by atoms with Crippen molar-refractivity contribution < 1.29 is 28.9 Å². The molecular formula is C12H15FN2O5. The zero-order valence-corrected chi connectivity index (χ0v) is 10.7. The molecule has 110 valence electrons. The molecule has 0 aliphatic rings. The molecular weight excluding hydrogens is 271 g/mol. The number of hydrogen-bond donors (Lipinski definition) is 4. The molecule has 2 amide bonds. The molecule has 0 fully saturated rings. The molecule has 0 heterocycles. The number of hydrogen-bond acceptors (Lipinski definition) is 4. The van der Waals surface area contributed by atoms with Crippen molar-refractivity contribution in [3.8, 4) is 5.75 Å². The number of halogens is 1. The minimum Gasteiger partial charge on any atom is -0.497 e. The van der Waals surface area contributed by atoms with E-state index in [4.69, 9.17) is 14.9 Å². The van der Waals surface area contributed by atoms with E-state index in [1.807, 2.05) is 0 Å². The van der Waals surface area contributed by atoms with E-state index in [-0.39, 0.29) is 12.1 Å². The van der Waals surface area contributed by atoms with Crippen LogP contribution in [0.2, 0.25) is 0 Å². The first-order valence-electron chi connectivity index (χ1n) is 5.72. The van der Waals surface area contributed by atoms with Crippen molar-refractivity contribution in [3.63, 3.8) is 0 Å². The largest absolute Gasteiger partial charge is 0.497 e. The minimum atomic E-state index is -1.29. The summed E-state index contributed by atoms with van der Waals surface area (Å²) in [5.74, 6) is -1.64. The molecule has 1 unspecified atom stereocenters. The van der Waals surface area contributed by atoms with Crippen LogP contribution in [0.1, 0.15) is 6.42 Å². The number of ether oxygens (including phenoxy) is 1. The lowest BCUT2D eigenvalue weighted by Crippen LogP contribution is -2.43. The van der Waals surface area contributed by atoms with Crippen LogP contribution in [0.5, 0.6) is 5.75 Å². The molecule has 20 heavy (non-hydrogen) atoms. The van der Waals surface area contributed by atoms with Crippen molar-refractivity contribution in [2.75, 3.05) is 19.0 Å². The number of rotatable bonds is 6. The average Bonchev–Trinajstić information content (AvgIpc) is 2.40. The predicted octanol–water partition coefficient (Wildman–Crippen LogP) is 0.791. The molecule has 4 N–H and O–H groups in total. The van der Waals surface area contributed by atoms with E-state index in [1.165, 1.54) is 19.2 Å². The van der Waals surface area contributed by atoms with Crippen LogP contribution in [0.3, 0.4) is 0 Å². The monoisotopic (exact) mass is 286 g/mol. The van der Waals surface area contributed by atoms with E-state index >= 15 is 0 Å². The highest BCUT2D eigenvalue weighted by molar-refractivity contribution is 5.92. The fraction of sp³-hybridized carbons (Fsp3) is 0.333. The molecule has 0 bridgehead atoms. The van der Waals surface area contributed by atoms with Gasteiger partial charge in [0.2, 0.25) is 0 Å². The van der Waals surface area contributed by atoms with E-state index in [0.29, 0.717) is 5.75 Å². The van der Waals surface area contributed by atoms with Gasteiger partial charge in [-0.25, -0.2) is 14.0 Å². The van der Waals surface area contributed by atoms with E-state index in [9.17, 15) is 14.0 Å². The van der Waals surface area contributed by atoms with E-state index in [2.05, 4.69) is 10.6 Å². The van der Waals surface area contributed by atoms with Gasteiger partial charge in [0.1, 0.15) is 17.6 Å². The second-order valence-electron chi connectivity index (χ2n) is 3.85. The van der Waals surface area contributed by atoms with Crippen molar-refractivity contribution in [1.82, 2.24) is 5.32 Å². The van der Waals surface area contributed by atoms with Crippen molar-refractivity contribution in [2.24, 2.45) is 0 Å². The highest BCUT2D eigenvalue weighted by Gasteiger charge is 2.19. The Morgan fingerprint density at radius 3 is 2.70 bits per heavy atom. The van der Waals surface area contributed by atoms with Gasteiger partial charge >= 0.3 is 12.0 Å². The molecule has 0 spiro atoms. The summed E-state index contributed by atoms with van der Waals surface area (Å²) in [6.07, 6.45) is -0.149. The van der Waals surface area contributed by atoms with Crippen LogP contribution in [0.15, 0.2) is 18.2 Å². The van der Waals surface area contributed by atoms with Crippen LogP contribution < -0.4 is 15.4 Å². The molecule has 1 aromatic rings. The number of aliphatic carboxylic acids is 1. The molecule has 8 heteroatoms. The number of carbonyl (C=O) groups excluding carboxylic acids is 1. The standard InChI is InChI=1S/C12H15FN2O5/c1-20-7-2-3-8(13)10(6-7)15-12(19)14-9(4-5-16)11(17)18/h2-3,6,9,16H,4-5H2,1H3,(H,17,18)(H2,14,15,19). The number of aliphatic hydroxyl groups is 1. The SMILES string of the molecule is COc1ccc(F)c(NC(=O)NC(CCO)C(=O)O)c1. The van der Waals surface area contributed by atoms with Gasteiger partial charge in [-0.2, -0.15) is 0 Å². The molecule has 0 radical (unpaired) electrons. The maximum atomic E-state index is 13.5. The summed E-state index contributed by atoms with van der Waals surface area (Å²) in [7, 11) is 1.39. The first kappa shape index (κ1) is 15.7. The normalized spacial score (nSPS) is 11.6. The Kier molecular flexibility index (Phi) is 5.73. The van der Waals surface area contributed by atoms with Gasteiger partial charge in [-0.15, -0.1) is 0 Å². The summed E-state index contributed by atoms with van der Waals surface area (Å²) in [5, 5.41) is 21.8. The number of amides is 2. The molecule has 0 aromatic heterocycles. The summed E-state index contributed by atoms with van der Waals surface area (Å²) in [6, 6.07) is 1.60. The van der Waals surface area contributed by atoms with Crippen molar-refractivity contribution in [1.29, 1.82) is 0 Å². The Morgan fingerprint density at radius 1 is 1.45 bits per heavy atom. The first-order chi connectivity index (χ1) is 9.47. The predicted molar refractivity (Wildman–Crippen MR) is 68.2 cm³/mol. The van der Waals surface area contributed by atoms with Crippen LogP contribution in [0.25, 0.3) is 0 Å². The Hall–Kier alpha value is -2.35. The zero-order valence-electron chi connectivity index (χ0n) is 10.7. The molecule has 1 atom stereocenters. The molecule has 0 aliphatic heterocycles. The smallest absolute Gasteiger partial charge is 0.326 e. The number of nitrogens with one attached hydrogen (secondary N) is 2. The Morgan fingerprint density at radius 2 is 2.15 bits per heavy atom. The van der Waals surface area contributed by atoms with Gasteiger partial charge in [0, 0.05) is 19.1 Å². The number of aliphatic hydroxyl groups excluding tert-OH is 1. The van der Waals surface area contributed by atoms with Gasteiger partial charge in [-0.1, -0.05) is 0 Å². The highest BCUT2D eigenvalue weighted by Crippen LogP contribution is 2.20.